The highest BCUT2D eigenvalue weighted by Gasteiger charge is 2.54. The van der Waals surface area contributed by atoms with Crippen LogP contribution in [0, 0.1) is 5.92 Å². The number of aliphatic hydroxyl groups is 1. The van der Waals surface area contributed by atoms with E-state index in [0.29, 0.717) is 5.56 Å². The van der Waals surface area contributed by atoms with Crippen molar-refractivity contribution in [2.45, 2.75) is 12.0 Å². The summed E-state index contributed by atoms with van der Waals surface area (Å²) < 4.78 is 0. The Hall–Kier alpha value is -1.92. The van der Waals surface area contributed by atoms with Crippen molar-refractivity contribution >= 4 is 11.9 Å². The van der Waals surface area contributed by atoms with E-state index in [0.717, 1.165) is 0 Å². The molecule has 0 bridgehead atoms. The number of rotatable bonds is 2. The Labute approximate surface area is 96.5 Å². The van der Waals surface area contributed by atoms with Crippen LogP contribution in [0.15, 0.2) is 24.3 Å². The Morgan fingerprint density at radius 2 is 2.00 bits per heavy atom. The molecular formula is C11H11NO5. The number of aliphatic carboxylic acids is 1. The topological polar surface area (TPSA) is 107 Å². The maximum absolute atomic E-state index is 11.5. The number of nitrogens with one attached hydrogen (secondary N) is 1. The third kappa shape index (κ3) is 1.49. The molecule has 1 aromatic rings. The van der Waals surface area contributed by atoms with Crippen LogP contribution in [-0.2, 0) is 21.6 Å². The molecule has 0 fully saturated rings. The number of fused-ring (bicyclic) bond motifs is 1. The Balaban J connectivity index is 2.58. The van der Waals surface area contributed by atoms with E-state index in [2.05, 4.69) is 0 Å². The zero-order valence-corrected chi connectivity index (χ0v) is 8.75. The number of carbonyl (C=O) groups is 2. The molecule has 1 amide bonds. The Kier molecular flexibility index (Phi) is 2.60. The summed E-state index contributed by atoms with van der Waals surface area (Å²) in [5.41, 5.74) is -0.0940. The lowest BCUT2D eigenvalue weighted by Crippen LogP contribution is -2.49. The van der Waals surface area contributed by atoms with Crippen molar-refractivity contribution in [1.29, 1.82) is 0 Å². The third-order valence-electron chi connectivity index (χ3n) is 3.10. The van der Waals surface area contributed by atoms with E-state index in [1.54, 1.807) is 18.2 Å². The first kappa shape index (κ1) is 11.6. The molecule has 0 aliphatic heterocycles. The molecule has 6 nitrogen and oxygen atoms in total. The Bertz CT molecular complexity index is 487. The van der Waals surface area contributed by atoms with Gasteiger partial charge in [-0.1, -0.05) is 24.3 Å². The minimum Gasteiger partial charge on any atom is -0.481 e. The summed E-state index contributed by atoms with van der Waals surface area (Å²) in [6, 6.07) is 6.42. The molecule has 1 aliphatic carbocycles. The van der Waals surface area contributed by atoms with Crippen LogP contribution >= 0.6 is 0 Å². The van der Waals surface area contributed by atoms with Crippen molar-refractivity contribution < 1.29 is 25.0 Å². The second-order valence-electron chi connectivity index (χ2n) is 3.96. The maximum Gasteiger partial charge on any atom is 0.310 e. The first-order valence-electron chi connectivity index (χ1n) is 5.00. The minimum absolute atomic E-state index is 0.0510. The van der Waals surface area contributed by atoms with Crippen LogP contribution in [0.25, 0.3) is 0 Å². The van der Waals surface area contributed by atoms with Gasteiger partial charge in [0.05, 0.1) is 0 Å². The number of hydrogen-bond acceptors (Lipinski definition) is 4. The maximum atomic E-state index is 11.5. The van der Waals surface area contributed by atoms with Crippen LogP contribution in [0.2, 0.25) is 0 Å². The van der Waals surface area contributed by atoms with Gasteiger partial charge in [-0.05, 0) is 17.5 Å². The van der Waals surface area contributed by atoms with Gasteiger partial charge >= 0.3 is 5.97 Å². The first-order chi connectivity index (χ1) is 8.01. The molecule has 2 atom stereocenters. The number of carboxylic acids is 1. The summed E-state index contributed by atoms with van der Waals surface area (Å²) in [4.78, 5) is 22.6. The number of hydroxylamine groups is 1. The van der Waals surface area contributed by atoms with Crippen molar-refractivity contribution in [3.05, 3.63) is 35.4 Å². The fourth-order valence-electron chi connectivity index (χ4n) is 2.26. The second-order valence-corrected chi connectivity index (χ2v) is 3.96. The molecule has 0 radical (unpaired) electrons. The smallest absolute Gasteiger partial charge is 0.310 e. The van der Waals surface area contributed by atoms with Gasteiger partial charge in [0.1, 0.15) is 5.92 Å². The number of carbonyl (C=O) groups excluding carboxylic acids is 1. The lowest BCUT2D eigenvalue weighted by Gasteiger charge is -2.25. The van der Waals surface area contributed by atoms with Gasteiger partial charge in [0, 0.05) is 0 Å². The summed E-state index contributed by atoms with van der Waals surface area (Å²) in [5.74, 6) is -3.71. The number of amides is 1. The van der Waals surface area contributed by atoms with Crippen molar-refractivity contribution in [3.8, 4) is 0 Å². The highest BCUT2D eigenvalue weighted by Crippen LogP contribution is 2.41. The largest absolute Gasteiger partial charge is 0.481 e. The van der Waals surface area contributed by atoms with Gasteiger partial charge in [0.2, 0.25) is 0 Å². The highest BCUT2D eigenvalue weighted by atomic mass is 16.5. The zero-order valence-electron chi connectivity index (χ0n) is 8.75. The zero-order chi connectivity index (χ0) is 12.6. The summed E-state index contributed by atoms with van der Waals surface area (Å²) in [6.07, 6.45) is 0.0510. The molecule has 1 aliphatic rings. The molecule has 4 N–H and O–H groups in total. The summed E-state index contributed by atoms with van der Waals surface area (Å²) >= 11 is 0. The van der Waals surface area contributed by atoms with E-state index in [4.69, 9.17) is 10.3 Å². The minimum atomic E-state index is -2.23. The quantitative estimate of drug-likeness (QED) is 0.415. The molecule has 0 heterocycles. The average molecular weight is 237 g/mol. The normalized spacial score (nSPS) is 26.4. The van der Waals surface area contributed by atoms with E-state index in [1.165, 1.54) is 11.5 Å². The van der Waals surface area contributed by atoms with Gasteiger partial charge in [-0.2, -0.15) is 0 Å². The number of hydrogen-bond donors (Lipinski definition) is 4. The fraction of sp³-hybridized carbons (Fsp3) is 0.273. The predicted molar refractivity (Wildman–Crippen MR) is 55.1 cm³/mol. The van der Waals surface area contributed by atoms with Gasteiger partial charge in [-0.25, -0.2) is 5.48 Å². The van der Waals surface area contributed by atoms with Gasteiger partial charge < -0.3 is 10.2 Å². The van der Waals surface area contributed by atoms with Crippen LogP contribution in [-0.4, -0.2) is 27.3 Å². The summed E-state index contributed by atoms with van der Waals surface area (Å²) in [6.45, 7) is 0. The van der Waals surface area contributed by atoms with Crippen molar-refractivity contribution in [2.24, 2.45) is 5.92 Å². The van der Waals surface area contributed by atoms with Crippen molar-refractivity contribution in [2.75, 3.05) is 0 Å². The average Bonchev–Trinajstić information content (AvgIpc) is 2.64. The van der Waals surface area contributed by atoms with E-state index in [9.17, 15) is 14.7 Å². The fourth-order valence-corrected chi connectivity index (χ4v) is 2.26. The molecular weight excluding hydrogens is 226 g/mol. The van der Waals surface area contributed by atoms with Crippen molar-refractivity contribution in [1.82, 2.24) is 5.48 Å². The summed E-state index contributed by atoms with van der Waals surface area (Å²) in [7, 11) is 0. The SMILES string of the molecule is O=C(O)[C@@H]1Cc2ccccc2[C@]1(O)C(=O)NO. The van der Waals surface area contributed by atoms with E-state index in [1.807, 2.05) is 0 Å². The van der Waals surface area contributed by atoms with Gasteiger partial charge in [0.25, 0.3) is 5.91 Å². The van der Waals surface area contributed by atoms with Crippen LogP contribution in [0.4, 0.5) is 0 Å². The van der Waals surface area contributed by atoms with Crippen LogP contribution < -0.4 is 5.48 Å². The Morgan fingerprint density at radius 1 is 1.35 bits per heavy atom. The standard InChI is InChI=1S/C11H11NO5/c13-9(14)8-5-6-3-1-2-4-7(6)11(8,16)10(15)12-17/h1-4,8,16-17H,5H2,(H,12,15)(H,13,14)/t8-,11+/m0/s1. The van der Waals surface area contributed by atoms with Gasteiger partial charge in [-0.15, -0.1) is 0 Å². The van der Waals surface area contributed by atoms with E-state index in [-0.39, 0.29) is 12.0 Å². The molecule has 0 spiro atoms. The van der Waals surface area contributed by atoms with Crippen LogP contribution in [0.1, 0.15) is 11.1 Å². The number of benzene rings is 1. The Morgan fingerprint density at radius 3 is 2.59 bits per heavy atom. The molecule has 0 saturated heterocycles. The second kappa shape index (κ2) is 3.83. The molecule has 17 heavy (non-hydrogen) atoms. The highest BCUT2D eigenvalue weighted by molar-refractivity contribution is 5.93. The molecule has 6 heteroatoms. The van der Waals surface area contributed by atoms with Gasteiger partial charge in [-0.3, -0.25) is 14.8 Å². The van der Waals surface area contributed by atoms with E-state index >= 15 is 0 Å². The van der Waals surface area contributed by atoms with Crippen LogP contribution in [0.3, 0.4) is 0 Å². The van der Waals surface area contributed by atoms with Crippen molar-refractivity contribution in [3.63, 3.8) is 0 Å². The monoisotopic (exact) mass is 237 g/mol. The predicted octanol–water partition coefficient (Wildman–Crippen LogP) is -0.363. The summed E-state index contributed by atoms with van der Waals surface area (Å²) in [5, 5.41) is 28.0. The van der Waals surface area contributed by atoms with E-state index < -0.39 is 23.4 Å². The molecule has 1 aromatic carbocycles. The first-order valence-corrected chi connectivity index (χ1v) is 5.00. The molecule has 90 valence electrons. The lowest BCUT2D eigenvalue weighted by molar-refractivity contribution is -0.166. The molecule has 0 unspecified atom stereocenters. The molecule has 2 rings (SSSR count). The van der Waals surface area contributed by atoms with Gasteiger partial charge in [0.15, 0.2) is 5.60 Å². The molecule has 0 saturated carbocycles. The van der Waals surface area contributed by atoms with Crippen LogP contribution in [0.5, 0.6) is 0 Å². The number of carboxylic acid groups (broad SMARTS) is 1. The lowest BCUT2D eigenvalue weighted by atomic mass is 9.86. The third-order valence-corrected chi connectivity index (χ3v) is 3.10. The molecule has 0 aromatic heterocycles.